The molecule has 0 unspecified atom stereocenters. The highest BCUT2D eigenvalue weighted by atomic mass is 19.2. The Morgan fingerprint density at radius 2 is 1.54 bits per heavy atom. The predicted molar refractivity (Wildman–Crippen MR) is 155 cm³/mol. The molecule has 0 heterocycles. The molecule has 0 amide bonds. The molecule has 2 nitrogen and oxygen atoms in total. The molecule has 0 aliphatic carbocycles. The lowest BCUT2D eigenvalue weighted by Gasteiger charge is -2.10. The van der Waals surface area contributed by atoms with E-state index in [1.165, 1.54) is 19.3 Å². The number of methoxy groups -OCH3 is 1. The van der Waals surface area contributed by atoms with Crippen LogP contribution in [0.3, 0.4) is 0 Å². The number of allylic oxidation sites excluding steroid dienone is 1. The Hall–Kier alpha value is -2.33. The van der Waals surface area contributed by atoms with Gasteiger partial charge in [0.05, 0.1) is 6.61 Å². The standard InChI is InChI=1S/C22H27F2NO.C4H10.C3H8.C2H6/c1-8-14(3)10-19-16(5)17(6)20(22(24)21(19)23)11-15(4)18(13-26-7)12-25-9-2;1-3-4-2;1-3-2;1-2/h9-12H,3,5,8,13H2,1-2,4,6-7H3;3-4H2,1-2H3;3H2,1-2H3;1-2H3/b15-11+,18-12+,19-10+,25-9?;;;. The molecule has 0 fully saturated rings. The van der Waals surface area contributed by atoms with Gasteiger partial charge in [0.1, 0.15) is 0 Å². The van der Waals surface area contributed by atoms with Gasteiger partial charge in [-0.15, -0.1) is 0 Å². The van der Waals surface area contributed by atoms with E-state index < -0.39 is 11.6 Å². The van der Waals surface area contributed by atoms with Crippen molar-refractivity contribution < 1.29 is 13.5 Å². The van der Waals surface area contributed by atoms with Crippen molar-refractivity contribution in [2.45, 2.75) is 94.9 Å². The van der Waals surface area contributed by atoms with Crippen LogP contribution in [0, 0.1) is 18.6 Å². The second-order valence-corrected chi connectivity index (χ2v) is 7.74. The summed E-state index contributed by atoms with van der Waals surface area (Å²) < 4.78 is 34.5. The van der Waals surface area contributed by atoms with Gasteiger partial charge in [0.25, 0.3) is 0 Å². The van der Waals surface area contributed by atoms with Crippen molar-refractivity contribution in [2.75, 3.05) is 13.7 Å². The lowest BCUT2D eigenvalue weighted by molar-refractivity contribution is 0.227. The van der Waals surface area contributed by atoms with E-state index in [0.29, 0.717) is 23.8 Å². The summed E-state index contributed by atoms with van der Waals surface area (Å²) in [6, 6.07) is 0. The van der Waals surface area contributed by atoms with Crippen molar-refractivity contribution in [1.82, 2.24) is 0 Å². The monoisotopic (exact) mass is 491 g/mol. The lowest BCUT2D eigenvalue weighted by atomic mass is 9.98. The van der Waals surface area contributed by atoms with E-state index in [2.05, 4.69) is 45.8 Å². The van der Waals surface area contributed by atoms with Crippen molar-refractivity contribution in [1.29, 1.82) is 0 Å². The van der Waals surface area contributed by atoms with E-state index in [0.717, 1.165) is 16.7 Å². The topological polar surface area (TPSA) is 21.6 Å². The zero-order valence-electron chi connectivity index (χ0n) is 24.4. The average Bonchev–Trinajstić information content (AvgIpc) is 2.87. The predicted octanol–water partition coefficient (Wildman–Crippen LogP) is 8.70. The first-order valence-electron chi connectivity index (χ1n) is 12.8. The minimum Gasteiger partial charge on any atom is -0.380 e. The van der Waals surface area contributed by atoms with Gasteiger partial charge in [-0.1, -0.05) is 86.5 Å². The van der Waals surface area contributed by atoms with Crippen LogP contribution < -0.4 is 10.4 Å². The van der Waals surface area contributed by atoms with Gasteiger partial charge in [-0.05, 0) is 61.3 Å². The van der Waals surface area contributed by atoms with E-state index in [1.807, 2.05) is 27.7 Å². The zero-order chi connectivity index (χ0) is 28.0. The molecule has 200 valence electrons. The van der Waals surface area contributed by atoms with E-state index in [9.17, 15) is 8.78 Å². The van der Waals surface area contributed by atoms with Crippen molar-refractivity contribution in [3.8, 4) is 0 Å². The fourth-order valence-electron chi connectivity index (χ4n) is 2.41. The van der Waals surface area contributed by atoms with Crippen molar-refractivity contribution in [3.05, 3.63) is 62.7 Å². The quantitative estimate of drug-likeness (QED) is 0.263. The molecule has 0 atom stereocenters. The zero-order valence-corrected chi connectivity index (χ0v) is 24.4. The minimum absolute atomic E-state index is 0.157. The van der Waals surface area contributed by atoms with E-state index >= 15 is 0 Å². The summed E-state index contributed by atoms with van der Waals surface area (Å²) >= 11 is 0. The van der Waals surface area contributed by atoms with Crippen molar-refractivity contribution >= 4 is 24.9 Å². The molecule has 35 heavy (non-hydrogen) atoms. The minimum atomic E-state index is -0.905. The van der Waals surface area contributed by atoms with Crippen LogP contribution in [-0.2, 0) is 4.74 Å². The molecule has 1 aromatic rings. The number of nitrogens with zero attached hydrogens (tertiary/aromatic N) is 1. The van der Waals surface area contributed by atoms with Crippen LogP contribution in [0.25, 0.3) is 18.7 Å². The molecule has 1 rings (SSSR count). The van der Waals surface area contributed by atoms with Gasteiger partial charge in [0.2, 0.25) is 0 Å². The lowest BCUT2D eigenvalue weighted by Crippen LogP contribution is -2.32. The first-order chi connectivity index (χ1) is 16.6. The third-order valence-corrected chi connectivity index (χ3v) is 4.70. The molecule has 0 saturated heterocycles. The van der Waals surface area contributed by atoms with Crippen LogP contribution in [0.15, 0.2) is 34.5 Å². The third-order valence-electron chi connectivity index (χ3n) is 4.70. The smallest absolute Gasteiger partial charge is 0.167 e. The van der Waals surface area contributed by atoms with Crippen LogP contribution in [0.1, 0.15) is 99.1 Å². The number of halogens is 2. The molecular formula is C31H51F2NO. The van der Waals surface area contributed by atoms with Gasteiger partial charge < -0.3 is 4.74 Å². The summed E-state index contributed by atoms with van der Waals surface area (Å²) in [5.74, 6) is -1.79. The first-order valence-corrected chi connectivity index (χ1v) is 12.8. The van der Waals surface area contributed by atoms with Crippen LogP contribution in [-0.4, -0.2) is 19.9 Å². The summed E-state index contributed by atoms with van der Waals surface area (Å²) in [7, 11) is 1.57. The molecule has 0 aliphatic rings. The normalized spacial score (nSPS) is 11.7. The Morgan fingerprint density at radius 3 is 1.94 bits per heavy atom. The number of benzene rings is 1. The first kappa shape index (κ1) is 37.2. The van der Waals surface area contributed by atoms with Gasteiger partial charge in [0.15, 0.2) is 11.6 Å². The average molecular weight is 492 g/mol. The summed E-state index contributed by atoms with van der Waals surface area (Å²) in [6.45, 7) is 28.0. The molecule has 0 spiro atoms. The number of aliphatic imine (C=N–C) groups is 1. The van der Waals surface area contributed by atoms with Crippen molar-refractivity contribution in [3.63, 3.8) is 0 Å². The molecule has 0 N–H and O–H groups in total. The summed E-state index contributed by atoms with van der Waals surface area (Å²) in [6.07, 6.45) is 11.0. The Balaban J connectivity index is -0.000000985. The Bertz CT molecular complexity index is 923. The summed E-state index contributed by atoms with van der Waals surface area (Å²) in [5.41, 5.74) is 3.02. The van der Waals surface area contributed by atoms with E-state index in [1.54, 1.807) is 45.5 Å². The number of hydrogen-bond acceptors (Lipinski definition) is 2. The summed E-state index contributed by atoms with van der Waals surface area (Å²) in [4.78, 5) is 4.09. The van der Waals surface area contributed by atoms with Crippen LogP contribution in [0.5, 0.6) is 0 Å². The molecule has 0 bridgehead atoms. The molecule has 0 aromatic heterocycles. The van der Waals surface area contributed by atoms with Gasteiger partial charge in [0, 0.05) is 30.3 Å². The fourth-order valence-corrected chi connectivity index (χ4v) is 2.41. The van der Waals surface area contributed by atoms with Gasteiger partial charge in [-0.3, -0.25) is 4.99 Å². The molecule has 0 aliphatic heterocycles. The maximum atomic E-state index is 14.7. The maximum absolute atomic E-state index is 14.7. The highest BCUT2D eigenvalue weighted by molar-refractivity contribution is 5.63. The van der Waals surface area contributed by atoms with Gasteiger partial charge in [-0.25, -0.2) is 8.78 Å². The third kappa shape index (κ3) is 14.6. The van der Waals surface area contributed by atoms with E-state index in [-0.39, 0.29) is 10.8 Å². The molecule has 0 radical (unpaired) electrons. The maximum Gasteiger partial charge on any atom is 0.167 e. The Morgan fingerprint density at radius 1 is 1.03 bits per heavy atom. The van der Waals surface area contributed by atoms with Gasteiger partial charge in [-0.2, -0.15) is 0 Å². The molecule has 0 saturated carbocycles. The fraction of sp³-hybridized carbons (Fsp3) is 0.516. The number of rotatable bonds is 8. The Kier molecular flexibility index (Phi) is 24.9. The van der Waals surface area contributed by atoms with Crippen LogP contribution >= 0.6 is 0 Å². The second-order valence-electron chi connectivity index (χ2n) is 7.74. The SMILES string of the molecule is C=C(/C=c1/c(F)c(F)c(/C=C(C)/C(=C/N=CC)COC)c(C)c1=C)CC.CC.CCC.CCCC. The number of unbranched alkanes of at least 4 members (excludes halogenated alkanes) is 1. The highest BCUT2D eigenvalue weighted by Crippen LogP contribution is 2.19. The van der Waals surface area contributed by atoms with Crippen LogP contribution in [0.2, 0.25) is 0 Å². The highest BCUT2D eigenvalue weighted by Gasteiger charge is 2.14. The largest absolute Gasteiger partial charge is 0.380 e. The van der Waals surface area contributed by atoms with Gasteiger partial charge >= 0.3 is 0 Å². The Labute approximate surface area is 214 Å². The van der Waals surface area contributed by atoms with Crippen molar-refractivity contribution in [2.24, 2.45) is 4.99 Å². The second kappa shape index (κ2) is 23.4. The number of hydrogen-bond donors (Lipinski definition) is 0. The van der Waals surface area contributed by atoms with E-state index in [4.69, 9.17) is 4.74 Å². The molecule has 4 heteroatoms. The molecule has 1 aromatic carbocycles. The molecular weight excluding hydrogens is 440 g/mol. The van der Waals surface area contributed by atoms with Crippen LogP contribution in [0.4, 0.5) is 8.78 Å². The summed E-state index contributed by atoms with van der Waals surface area (Å²) in [5, 5.41) is 0.617. The number of ether oxygens (including phenoxy) is 1.